The van der Waals surface area contributed by atoms with Crippen molar-refractivity contribution in [1.82, 2.24) is 0 Å². The molecule has 0 aromatic heterocycles. The molecule has 0 aliphatic heterocycles. The van der Waals surface area contributed by atoms with Gasteiger partial charge in [-0.3, -0.25) is 0 Å². The van der Waals surface area contributed by atoms with Crippen molar-refractivity contribution in [2.45, 2.75) is 26.2 Å². The number of aryl methyl sites for hydroxylation is 1. The molecule has 0 amide bonds. The summed E-state index contributed by atoms with van der Waals surface area (Å²) in [4.78, 5) is 0. The van der Waals surface area contributed by atoms with Gasteiger partial charge in [0.2, 0.25) is 0 Å². The molecule has 2 rings (SSSR count). The van der Waals surface area contributed by atoms with Crippen molar-refractivity contribution in [3.63, 3.8) is 0 Å². The van der Waals surface area contributed by atoms with Crippen LogP contribution in [0.4, 0.5) is 0 Å². The summed E-state index contributed by atoms with van der Waals surface area (Å²) in [5.41, 5.74) is 1.11. The van der Waals surface area contributed by atoms with Crippen LogP contribution < -0.4 is 14.2 Å². The van der Waals surface area contributed by atoms with Crippen molar-refractivity contribution in [2.24, 2.45) is 0 Å². The zero-order valence-electron chi connectivity index (χ0n) is 13.7. The summed E-state index contributed by atoms with van der Waals surface area (Å²) >= 11 is 6.10. The molecule has 124 valence electrons. The Hall–Kier alpha value is -1.87. The number of halogens is 1. The molecule has 3 nitrogen and oxygen atoms in total. The number of unbranched alkanes of at least 4 members (excludes halogenated alkanes) is 1. The van der Waals surface area contributed by atoms with E-state index < -0.39 is 0 Å². The molecule has 0 fully saturated rings. The van der Waals surface area contributed by atoms with Gasteiger partial charge in [0.15, 0.2) is 11.5 Å². The number of benzene rings is 2. The lowest BCUT2D eigenvalue weighted by molar-refractivity contribution is 0.258. The van der Waals surface area contributed by atoms with Crippen LogP contribution in [-0.4, -0.2) is 20.3 Å². The smallest absolute Gasteiger partial charge is 0.161 e. The first kappa shape index (κ1) is 17.5. The van der Waals surface area contributed by atoms with Crippen molar-refractivity contribution in [1.29, 1.82) is 0 Å². The van der Waals surface area contributed by atoms with E-state index in [1.54, 1.807) is 7.11 Å². The van der Waals surface area contributed by atoms with Gasteiger partial charge in [0, 0.05) is 5.02 Å². The van der Waals surface area contributed by atoms with E-state index in [-0.39, 0.29) is 0 Å². The number of rotatable bonds is 9. The van der Waals surface area contributed by atoms with Crippen molar-refractivity contribution >= 4 is 11.6 Å². The van der Waals surface area contributed by atoms with Gasteiger partial charge >= 0.3 is 0 Å². The maximum absolute atomic E-state index is 6.10. The summed E-state index contributed by atoms with van der Waals surface area (Å²) in [5.74, 6) is 2.41. The Morgan fingerprint density at radius 1 is 0.913 bits per heavy atom. The van der Waals surface area contributed by atoms with E-state index in [0.29, 0.717) is 13.2 Å². The van der Waals surface area contributed by atoms with Crippen molar-refractivity contribution in [2.75, 3.05) is 20.3 Å². The van der Waals surface area contributed by atoms with Crippen LogP contribution in [0, 0.1) is 0 Å². The zero-order chi connectivity index (χ0) is 16.5. The monoisotopic (exact) mass is 334 g/mol. The third-order valence-electron chi connectivity index (χ3n) is 3.53. The molecule has 4 heteroatoms. The predicted molar refractivity (Wildman–Crippen MR) is 94.0 cm³/mol. The summed E-state index contributed by atoms with van der Waals surface area (Å²) in [6.07, 6.45) is 2.76. The van der Waals surface area contributed by atoms with Crippen LogP contribution in [0.15, 0.2) is 42.5 Å². The van der Waals surface area contributed by atoms with Crippen LogP contribution in [0.25, 0.3) is 0 Å². The molecule has 0 radical (unpaired) electrons. The van der Waals surface area contributed by atoms with Crippen LogP contribution >= 0.6 is 11.6 Å². The van der Waals surface area contributed by atoms with E-state index >= 15 is 0 Å². The van der Waals surface area contributed by atoms with Crippen LogP contribution in [0.5, 0.6) is 17.2 Å². The summed E-state index contributed by atoms with van der Waals surface area (Å²) in [6.45, 7) is 3.39. The van der Waals surface area contributed by atoms with Gasteiger partial charge in [-0.05, 0) is 55.2 Å². The molecule has 0 unspecified atom stereocenters. The van der Waals surface area contributed by atoms with Gasteiger partial charge in [0.1, 0.15) is 5.75 Å². The van der Waals surface area contributed by atoms with Gasteiger partial charge in [-0.15, -0.1) is 0 Å². The summed E-state index contributed by atoms with van der Waals surface area (Å²) in [5, 5.41) is 0.796. The molecule has 0 aliphatic rings. The van der Waals surface area contributed by atoms with Gasteiger partial charge in [0.25, 0.3) is 0 Å². The molecule has 0 bridgehead atoms. The highest BCUT2D eigenvalue weighted by Crippen LogP contribution is 2.26. The Morgan fingerprint density at radius 3 is 2.30 bits per heavy atom. The zero-order valence-corrected chi connectivity index (χ0v) is 14.4. The van der Waals surface area contributed by atoms with Crippen LogP contribution in [0.3, 0.4) is 0 Å². The quantitative estimate of drug-likeness (QED) is 0.593. The normalized spacial score (nSPS) is 10.4. The molecule has 23 heavy (non-hydrogen) atoms. The second-order valence-corrected chi connectivity index (χ2v) is 5.57. The van der Waals surface area contributed by atoms with Crippen LogP contribution in [-0.2, 0) is 6.42 Å². The second kappa shape index (κ2) is 9.31. The van der Waals surface area contributed by atoms with Crippen LogP contribution in [0.1, 0.15) is 25.3 Å². The molecule has 2 aromatic carbocycles. The maximum atomic E-state index is 6.10. The third kappa shape index (κ3) is 5.36. The first-order chi connectivity index (χ1) is 11.2. The Bertz CT molecular complexity index is 613. The van der Waals surface area contributed by atoms with Crippen molar-refractivity contribution in [3.8, 4) is 17.2 Å². The Balaban J connectivity index is 1.68. The highest BCUT2D eigenvalue weighted by molar-refractivity contribution is 6.31. The number of hydrogen-bond acceptors (Lipinski definition) is 3. The molecule has 0 spiro atoms. The van der Waals surface area contributed by atoms with Gasteiger partial charge in [-0.2, -0.15) is 0 Å². The lowest BCUT2D eigenvalue weighted by atomic mass is 10.1. The van der Waals surface area contributed by atoms with Gasteiger partial charge in [-0.1, -0.05) is 30.7 Å². The van der Waals surface area contributed by atoms with Gasteiger partial charge in [0.05, 0.1) is 20.3 Å². The van der Waals surface area contributed by atoms with E-state index in [0.717, 1.165) is 47.1 Å². The largest absolute Gasteiger partial charge is 0.494 e. The third-order valence-corrected chi connectivity index (χ3v) is 3.90. The number of ether oxygens (including phenoxy) is 3. The first-order valence-corrected chi connectivity index (χ1v) is 8.29. The molecular formula is C19H23ClO3. The number of hydrogen-bond donors (Lipinski definition) is 0. The second-order valence-electron chi connectivity index (χ2n) is 5.16. The lowest BCUT2D eigenvalue weighted by Crippen LogP contribution is -2.03. The van der Waals surface area contributed by atoms with E-state index in [4.69, 9.17) is 25.8 Å². The first-order valence-electron chi connectivity index (χ1n) is 7.91. The molecule has 0 saturated heterocycles. The minimum atomic E-state index is 0.643. The molecular weight excluding hydrogens is 312 g/mol. The molecule has 0 heterocycles. The van der Waals surface area contributed by atoms with E-state index in [1.165, 1.54) is 0 Å². The summed E-state index contributed by atoms with van der Waals surface area (Å²) < 4.78 is 16.7. The average molecular weight is 335 g/mol. The van der Waals surface area contributed by atoms with E-state index in [9.17, 15) is 0 Å². The minimum absolute atomic E-state index is 0.643. The number of para-hydroxylation sites is 2. The molecule has 0 aliphatic carbocycles. The SMILES string of the molecule is CCc1cc(OCCCCOc2ccccc2OC)ccc1Cl. The van der Waals surface area contributed by atoms with Crippen LogP contribution in [0.2, 0.25) is 5.02 Å². The Morgan fingerprint density at radius 2 is 1.61 bits per heavy atom. The Labute approximate surface area is 143 Å². The molecule has 0 atom stereocenters. The standard InChI is InChI=1S/C19H23ClO3/c1-3-15-14-16(10-11-17(15)20)22-12-6-7-13-23-19-9-5-4-8-18(19)21-2/h4-5,8-11,14H,3,6-7,12-13H2,1-2H3. The fourth-order valence-electron chi connectivity index (χ4n) is 2.23. The fourth-order valence-corrected chi connectivity index (χ4v) is 2.48. The molecule has 2 aromatic rings. The highest BCUT2D eigenvalue weighted by atomic mass is 35.5. The maximum Gasteiger partial charge on any atom is 0.161 e. The topological polar surface area (TPSA) is 27.7 Å². The van der Waals surface area contributed by atoms with Gasteiger partial charge in [-0.25, -0.2) is 0 Å². The summed E-state index contributed by atoms with van der Waals surface area (Å²) in [7, 11) is 1.65. The lowest BCUT2D eigenvalue weighted by Gasteiger charge is -2.11. The Kier molecular flexibility index (Phi) is 7.08. The minimum Gasteiger partial charge on any atom is -0.494 e. The van der Waals surface area contributed by atoms with Crippen molar-refractivity contribution in [3.05, 3.63) is 53.1 Å². The van der Waals surface area contributed by atoms with E-state index in [1.807, 2.05) is 42.5 Å². The van der Waals surface area contributed by atoms with Gasteiger partial charge < -0.3 is 14.2 Å². The van der Waals surface area contributed by atoms with E-state index in [2.05, 4.69) is 6.92 Å². The number of methoxy groups -OCH3 is 1. The molecule has 0 saturated carbocycles. The fraction of sp³-hybridized carbons (Fsp3) is 0.368. The van der Waals surface area contributed by atoms with Crippen molar-refractivity contribution < 1.29 is 14.2 Å². The summed E-state index contributed by atoms with van der Waals surface area (Å²) in [6, 6.07) is 13.5. The highest BCUT2D eigenvalue weighted by Gasteiger charge is 2.03. The molecule has 0 N–H and O–H groups in total. The average Bonchev–Trinajstić information content (AvgIpc) is 2.59. The predicted octanol–water partition coefficient (Wildman–Crippen LogP) is 5.15.